The molecule has 0 fully saturated rings. The van der Waals surface area contributed by atoms with Crippen LogP contribution in [0.1, 0.15) is 31.9 Å². The van der Waals surface area contributed by atoms with Crippen molar-refractivity contribution in [3.63, 3.8) is 0 Å². The van der Waals surface area contributed by atoms with Gasteiger partial charge in [0.2, 0.25) is 0 Å². The van der Waals surface area contributed by atoms with Crippen molar-refractivity contribution >= 4 is 24.0 Å². The van der Waals surface area contributed by atoms with Gasteiger partial charge in [0.25, 0.3) is 0 Å². The third-order valence-electron chi connectivity index (χ3n) is 2.08. The van der Waals surface area contributed by atoms with E-state index in [0.717, 1.165) is 6.42 Å². The van der Waals surface area contributed by atoms with E-state index >= 15 is 0 Å². The van der Waals surface area contributed by atoms with E-state index in [1.165, 1.54) is 12.1 Å². The van der Waals surface area contributed by atoms with Gasteiger partial charge in [0, 0.05) is 16.6 Å². The lowest BCUT2D eigenvalue weighted by molar-refractivity contribution is 0.489. The number of halogens is 3. The molecule has 0 aliphatic heterocycles. The van der Waals surface area contributed by atoms with Crippen molar-refractivity contribution in [1.29, 1.82) is 0 Å². The topological polar surface area (TPSA) is 26.0 Å². The Morgan fingerprint density at radius 3 is 2.53 bits per heavy atom. The van der Waals surface area contributed by atoms with E-state index in [1.54, 1.807) is 6.07 Å². The molecule has 0 saturated carbocycles. The Morgan fingerprint density at radius 1 is 1.40 bits per heavy atom. The highest BCUT2D eigenvalue weighted by molar-refractivity contribution is 6.30. The average Bonchev–Trinajstić information content (AvgIpc) is 2.08. The van der Waals surface area contributed by atoms with Crippen molar-refractivity contribution < 1.29 is 4.39 Å². The van der Waals surface area contributed by atoms with Crippen LogP contribution in [0.15, 0.2) is 18.2 Å². The van der Waals surface area contributed by atoms with Crippen molar-refractivity contribution in [2.45, 2.75) is 26.3 Å². The van der Waals surface area contributed by atoms with Gasteiger partial charge in [0.15, 0.2) is 0 Å². The normalized spacial score (nSPS) is 12.4. The molecule has 0 amide bonds. The highest BCUT2D eigenvalue weighted by atomic mass is 35.5. The minimum absolute atomic E-state index is 0. The maximum Gasteiger partial charge on any atom is 0.128 e. The zero-order chi connectivity index (χ0) is 10.7. The molecule has 86 valence electrons. The quantitative estimate of drug-likeness (QED) is 0.866. The van der Waals surface area contributed by atoms with Crippen LogP contribution in [0.3, 0.4) is 0 Å². The van der Waals surface area contributed by atoms with Crippen molar-refractivity contribution in [2.75, 3.05) is 0 Å². The molecule has 15 heavy (non-hydrogen) atoms. The number of hydrogen-bond acceptors (Lipinski definition) is 1. The van der Waals surface area contributed by atoms with E-state index < -0.39 is 0 Å². The van der Waals surface area contributed by atoms with Gasteiger partial charge in [-0.1, -0.05) is 25.4 Å². The minimum atomic E-state index is -0.275. The molecule has 1 atom stereocenters. The van der Waals surface area contributed by atoms with Crippen LogP contribution in [0.2, 0.25) is 5.02 Å². The molecule has 1 aromatic rings. The summed E-state index contributed by atoms with van der Waals surface area (Å²) in [4.78, 5) is 0. The molecule has 0 bridgehead atoms. The van der Waals surface area contributed by atoms with Gasteiger partial charge in [-0.05, 0) is 30.5 Å². The first-order chi connectivity index (χ1) is 6.50. The molecule has 2 N–H and O–H groups in total. The molecule has 1 rings (SSSR count). The number of rotatable bonds is 3. The van der Waals surface area contributed by atoms with Gasteiger partial charge >= 0.3 is 0 Å². The van der Waals surface area contributed by atoms with Crippen LogP contribution in [0, 0.1) is 11.7 Å². The summed E-state index contributed by atoms with van der Waals surface area (Å²) < 4.78 is 13.3. The first kappa shape index (κ1) is 14.7. The summed E-state index contributed by atoms with van der Waals surface area (Å²) in [5.74, 6) is 0.172. The molecule has 0 aliphatic carbocycles. The maximum absolute atomic E-state index is 13.3. The van der Waals surface area contributed by atoms with Crippen molar-refractivity contribution in [3.8, 4) is 0 Å². The predicted molar refractivity (Wildman–Crippen MR) is 65.0 cm³/mol. The lowest BCUT2D eigenvalue weighted by atomic mass is 9.97. The summed E-state index contributed by atoms with van der Waals surface area (Å²) in [6, 6.07) is 4.22. The minimum Gasteiger partial charge on any atom is -0.324 e. The van der Waals surface area contributed by atoms with Crippen LogP contribution in [0.25, 0.3) is 0 Å². The van der Waals surface area contributed by atoms with Crippen molar-refractivity contribution in [3.05, 3.63) is 34.6 Å². The predicted octanol–water partition coefficient (Wildman–Crippen LogP) is 3.95. The van der Waals surface area contributed by atoms with E-state index in [4.69, 9.17) is 17.3 Å². The lowest BCUT2D eigenvalue weighted by Crippen LogP contribution is -2.14. The van der Waals surface area contributed by atoms with Crippen LogP contribution in [0.5, 0.6) is 0 Å². The second-order valence-corrected chi connectivity index (χ2v) is 4.34. The summed E-state index contributed by atoms with van der Waals surface area (Å²) in [5, 5.41) is 0.528. The Morgan fingerprint density at radius 2 is 2.00 bits per heavy atom. The van der Waals surface area contributed by atoms with Gasteiger partial charge in [-0.15, -0.1) is 12.4 Å². The first-order valence-electron chi connectivity index (χ1n) is 4.71. The molecular weight excluding hydrogens is 236 g/mol. The van der Waals surface area contributed by atoms with Gasteiger partial charge in [-0.2, -0.15) is 0 Å². The zero-order valence-corrected chi connectivity index (χ0v) is 10.4. The monoisotopic (exact) mass is 251 g/mol. The Labute approximate surface area is 101 Å². The SMILES string of the molecule is CC(C)C[C@@H](N)c1cc(Cl)ccc1F.Cl. The molecule has 0 heterocycles. The Hall–Kier alpha value is -0.310. The first-order valence-corrected chi connectivity index (χ1v) is 5.09. The molecule has 0 aliphatic rings. The number of nitrogens with two attached hydrogens (primary N) is 1. The second kappa shape index (κ2) is 6.31. The lowest BCUT2D eigenvalue weighted by Gasteiger charge is -2.15. The highest BCUT2D eigenvalue weighted by Gasteiger charge is 2.13. The van der Waals surface area contributed by atoms with E-state index in [-0.39, 0.29) is 24.3 Å². The molecule has 4 heteroatoms. The third kappa shape index (κ3) is 4.37. The fourth-order valence-electron chi connectivity index (χ4n) is 1.43. The summed E-state index contributed by atoms with van der Waals surface area (Å²) in [6.45, 7) is 4.12. The molecule has 0 unspecified atom stereocenters. The second-order valence-electron chi connectivity index (χ2n) is 3.90. The summed E-state index contributed by atoms with van der Waals surface area (Å²) >= 11 is 5.78. The van der Waals surface area contributed by atoms with Crippen LogP contribution < -0.4 is 5.73 Å². The highest BCUT2D eigenvalue weighted by Crippen LogP contribution is 2.24. The molecular formula is C11H16Cl2FN. The summed E-state index contributed by atoms with van der Waals surface area (Å²) in [7, 11) is 0. The summed E-state index contributed by atoms with van der Waals surface area (Å²) in [5.41, 5.74) is 6.37. The van der Waals surface area contributed by atoms with Crippen molar-refractivity contribution in [1.82, 2.24) is 0 Å². The molecule has 1 nitrogen and oxygen atoms in total. The standard InChI is InChI=1S/C11H15ClFN.ClH/c1-7(2)5-11(14)9-6-8(12)3-4-10(9)13;/h3-4,6-7,11H,5,14H2,1-2H3;1H/t11-;/m1./s1. The van der Waals surface area contributed by atoms with E-state index in [1.807, 2.05) is 0 Å². The van der Waals surface area contributed by atoms with Crippen LogP contribution in [0.4, 0.5) is 4.39 Å². The maximum atomic E-state index is 13.3. The molecule has 0 saturated heterocycles. The molecule has 0 radical (unpaired) electrons. The molecule has 1 aromatic carbocycles. The summed E-state index contributed by atoms with van der Waals surface area (Å²) in [6.07, 6.45) is 0.761. The van der Waals surface area contributed by atoms with Gasteiger partial charge in [-0.3, -0.25) is 0 Å². The molecule has 0 spiro atoms. The molecule has 0 aromatic heterocycles. The Balaban J connectivity index is 0.00000196. The third-order valence-corrected chi connectivity index (χ3v) is 2.32. The average molecular weight is 252 g/mol. The van der Waals surface area contributed by atoms with Crippen LogP contribution in [-0.4, -0.2) is 0 Å². The van der Waals surface area contributed by atoms with Gasteiger partial charge < -0.3 is 5.73 Å². The van der Waals surface area contributed by atoms with Gasteiger partial charge in [-0.25, -0.2) is 4.39 Å². The smallest absolute Gasteiger partial charge is 0.128 e. The van der Waals surface area contributed by atoms with Gasteiger partial charge in [0.1, 0.15) is 5.82 Å². The fourth-order valence-corrected chi connectivity index (χ4v) is 1.61. The largest absolute Gasteiger partial charge is 0.324 e. The Bertz CT molecular complexity index is 315. The van der Waals surface area contributed by atoms with Gasteiger partial charge in [0.05, 0.1) is 0 Å². The zero-order valence-electron chi connectivity index (χ0n) is 8.84. The van der Waals surface area contributed by atoms with Crippen LogP contribution in [-0.2, 0) is 0 Å². The van der Waals surface area contributed by atoms with Crippen molar-refractivity contribution in [2.24, 2.45) is 11.7 Å². The van der Waals surface area contributed by atoms with E-state index in [9.17, 15) is 4.39 Å². The van der Waals surface area contributed by atoms with E-state index in [0.29, 0.717) is 16.5 Å². The van der Waals surface area contributed by atoms with E-state index in [2.05, 4.69) is 13.8 Å². The number of benzene rings is 1. The van der Waals surface area contributed by atoms with Crippen LogP contribution >= 0.6 is 24.0 Å². The number of hydrogen-bond donors (Lipinski definition) is 1. The fraction of sp³-hybridized carbons (Fsp3) is 0.455. The Kier molecular flexibility index (Phi) is 6.18.